The summed E-state index contributed by atoms with van der Waals surface area (Å²) in [5, 5.41) is 0. The van der Waals surface area contributed by atoms with Crippen LogP contribution in [-0.4, -0.2) is 11.6 Å². The monoisotopic (exact) mass is 419 g/mol. The number of allylic oxidation sites excluding steroid dienone is 2. The Morgan fingerprint density at radius 3 is 1.71 bits per heavy atom. The number of hydrogen-bond donors (Lipinski definition) is 0. The van der Waals surface area contributed by atoms with E-state index in [1.54, 1.807) is 20.8 Å². The van der Waals surface area contributed by atoms with Gasteiger partial charge in [0.2, 0.25) is 0 Å². The second-order valence-corrected chi connectivity index (χ2v) is 3.79. The molecule has 0 saturated heterocycles. The van der Waals surface area contributed by atoms with Crippen LogP contribution in [0.3, 0.4) is 0 Å². The minimum Gasteiger partial charge on any atom is -0.406 e. The Morgan fingerprint density at radius 2 is 1.43 bits per heavy atom. The molecule has 0 aromatic heterocycles. The Bertz CT molecular complexity index is 240. The van der Waals surface area contributed by atoms with Gasteiger partial charge >= 0.3 is 0 Å². The van der Waals surface area contributed by atoms with E-state index in [4.69, 9.17) is 0 Å². The van der Waals surface area contributed by atoms with Gasteiger partial charge in [0.05, 0.1) is 5.78 Å². The molecule has 0 spiro atoms. The predicted octanol–water partition coefficient (Wildman–Crippen LogP) is 2.19. The molecule has 2 nitrogen and oxygen atoms in total. The normalized spacial score (nSPS) is 11.5. The molecule has 0 N–H and O–H groups in total. The number of Topliss-reactive ketones (excluding diaryl/α,β-unsaturated/α-hetero) is 2. The topological polar surface area (TPSA) is 34.1 Å². The zero-order chi connectivity index (χ0) is 10.6. The van der Waals surface area contributed by atoms with Crippen LogP contribution >= 0.6 is 0 Å². The summed E-state index contributed by atoms with van der Waals surface area (Å²) in [6.45, 7) is 8.86. The number of hydrogen-bond acceptors (Lipinski definition) is 2. The van der Waals surface area contributed by atoms with Gasteiger partial charge in [-0.15, -0.1) is 0 Å². The van der Waals surface area contributed by atoms with Gasteiger partial charge in [0.15, 0.2) is 0 Å². The van der Waals surface area contributed by atoms with Gasteiger partial charge < -0.3 is 9.59 Å². The molecule has 0 aromatic rings. The van der Waals surface area contributed by atoms with Gasteiger partial charge in [-0.05, 0) is 5.92 Å². The van der Waals surface area contributed by atoms with E-state index in [1.807, 2.05) is 13.8 Å². The van der Waals surface area contributed by atoms with E-state index >= 15 is 0 Å². The number of carbonyl (C=O) groups is 2. The van der Waals surface area contributed by atoms with Crippen molar-refractivity contribution in [2.75, 3.05) is 0 Å². The zero-order valence-electron chi connectivity index (χ0n) is 9.47. The van der Waals surface area contributed by atoms with E-state index in [1.165, 1.54) is 0 Å². The van der Waals surface area contributed by atoms with Gasteiger partial charge in [-0.1, -0.05) is 40.5 Å². The summed E-state index contributed by atoms with van der Waals surface area (Å²) < 4.78 is 0. The van der Waals surface area contributed by atoms with Gasteiger partial charge in [-0.2, -0.15) is 11.6 Å². The standard InChI is InChI=1S/C11H17O2.U/c1-7(2)10(12)6-9(5)11(13)8(3)4;/h7-8H,1-5H3;/q-1;. The van der Waals surface area contributed by atoms with Crippen molar-refractivity contribution in [2.24, 2.45) is 11.8 Å². The smallest absolute Gasteiger partial charge is 0.0696 e. The first-order chi connectivity index (χ1) is 5.86. The molecule has 78 valence electrons. The average Bonchev–Trinajstić information content (AvgIpc) is 2.02. The zero-order valence-corrected chi connectivity index (χ0v) is 13.6. The van der Waals surface area contributed by atoms with Crippen LogP contribution in [0.1, 0.15) is 34.6 Å². The third-order valence-corrected chi connectivity index (χ3v) is 1.73. The van der Waals surface area contributed by atoms with Crippen molar-refractivity contribution < 1.29 is 40.7 Å². The first-order valence-electron chi connectivity index (χ1n) is 4.54. The van der Waals surface area contributed by atoms with E-state index in [0.29, 0.717) is 5.57 Å². The Hall–Kier alpha value is 0.132. The Labute approximate surface area is 110 Å². The van der Waals surface area contributed by atoms with Crippen LogP contribution < -0.4 is 0 Å². The first kappa shape index (κ1) is 16.6. The van der Waals surface area contributed by atoms with Crippen LogP contribution in [0.4, 0.5) is 0 Å². The molecule has 0 bridgehead atoms. The van der Waals surface area contributed by atoms with Gasteiger partial charge in [0.1, 0.15) is 0 Å². The van der Waals surface area contributed by atoms with Crippen molar-refractivity contribution in [2.45, 2.75) is 34.6 Å². The molecule has 0 heterocycles. The van der Waals surface area contributed by atoms with E-state index in [-0.39, 0.29) is 54.5 Å². The molecule has 0 atom stereocenters. The fourth-order valence-corrected chi connectivity index (χ4v) is 0.824. The SMILES string of the molecule is CC(=[C-]C(=O)C(C)C)C(=O)C(C)C.[U]. The molecule has 0 fully saturated rings. The third kappa shape index (κ3) is 5.78. The van der Waals surface area contributed by atoms with Gasteiger partial charge in [-0.25, -0.2) is 0 Å². The van der Waals surface area contributed by atoms with Crippen LogP contribution in [0.5, 0.6) is 0 Å². The fraction of sp³-hybridized carbons (Fsp3) is 0.636. The third-order valence-electron chi connectivity index (χ3n) is 1.73. The van der Waals surface area contributed by atoms with Crippen LogP contribution in [0.25, 0.3) is 0 Å². The molecule has 3 heteroatoms. The van der Waals surface area contributed by atoms with Crippen molar-refractivity contribution in [3.05, 3.63) is 11.6 Å². The van der Waals surface area contributed by atoms with Crippen LogP contribution in [-0.2, 0) is 9.59 Å². The van der Waals surface area contributed by atoms with Gasteiger partial charge in [-0.3, -0.25) is 0 Å². The summed E-state index contributed by atoms with van der Waals surface area (Å²) in [4.78, 5) is 22.5. The minimum atomic E-state index is -0.105. The molecular weight excluding hydrogens is 402 g/mol. The molecule has 0 unspecified atom stereocenters. The van der Waals surface area contributed by atoms with Gasteiger partial charge in [0.25, 0.3) is 0 Å². The molecule has 0 aliphatic carbocycles. The summed E-state index contributed by atoms with van der Waals surface area (Å²) in [7, 11) is 0. The molecule has 0 saturated carbocycles. The second kappa shape index (κ2) is 7.43. The summed E-state index contributed by atoms with van der Waals surface area (Å²) in [6.07, 6.45) is 2.59. The molecular formula is C11H17O2U-. The van der Waals surface area contributed by atoms with Crippen molar-refractivity contribution in [1.29, 1.82) is 0 Å². The molecule has 0 amide bonds. The van der Waals surface area contributed by atoms with Crippen LogP contribution in [0, 0.1) is 49.0 Å². The molecule has 0 radical (unpaired) electrons. The van der Waals surface area contributed by atoms with Crippen molar-refractivity contribution in [3.8, 4) is 0 Å². The minimum absolute atomic E-state index is 0. The van der Waals surface area contributed by atoms with E-state index in [2.05, 4.69) is 6.08 Å². The number of ketones is 2. The molecule has 0 aromatic carbocycles. The average molecular weight is 419 g/mol. The first-order valence-corrected chi connectivity index (χ1v) is 4.54. The van der Waals surface area contributed by atoms with Crippen LogP contribution in [0.2, 0.25) is 0 Å². The molecule has 0 rings (SSSR count). The summed E-state index contributed by atoms with van der Waals surface area (Å²) >= 11 is 0. The summed E-state index contributed by atoms with van der Waals surface area (Å²) in [6, 6.07) is 0. The van der Waals surface area contributed by atoms with E-state index < -0.39 is 0 Å². The Kier molecular flexibility index (Phi) is 8.78. The Balaban J connectivity index is 0. The Morgan fingerprint density at radius 1 is 1.00 bits per heavy atom. The van der Waals surface area contributed by atoms with E-state index in [9.17, 15) is 9.59 Å². The fourth-order valence-electron chi connectivity index (χ4n) is 0.824. The van der Waals surface area contributed by atoms with Crippen LogP contribution in [0.15, 0.2) is 5.57 Å². The quantitative estimate of drug-likeness (QED) is 0.517. The maximum absolute atomic E-state index is 11.3. The van der Waals surface area contributed by atoms with E-state index in [0.717, 1.165) is 0 Å². The number of rotatable bonds is 4. The summed E-state index contributed by atoms with van der Waals surface area (Å²) in [5.41, 5.74) is 0.439. The number of carbonyl (C=O) groups excluding carboxylic acids is 2. The molecule has 14 heavy (non-hydrogen) atoms. The van der Waals surface area contributed by atoms with Gasteiger partial charge in [0, 0.05) is 36.9 Å². The van der Waals surface area contributed by atoms with Crippen molar-refractivity contribution in [3.63, 3.8) is 0 Å². The maximum Gasteiger partial charge on any atom is 0.0696 e. The predicted molar refractivity (Wildman–Crippen MR) is 52.1 cm³/mol. The van der Waals surface area contributed by atoms with Crippen molar-refractivity contribution in [1.82, 2.24) is 0 Å². The van der Waals surface area contributed by atoms with Crippen molar-refractivity contribution >= 4 is 11.6 Å². The summed E-state index contributed by atoms with van der Waals surface area (Å²) in [5.74, 6) is -0.261. The molecule has 0 aliphatic rings. The molecule has 0 aliphatic heterocycles. The second-order valence-electron chi connectivity index (χ2n) is 3.79. The maximum atomic E-state index is 11.3. The largest absolute Gasteiger partial charge is 0.406 e.